The average molecular weight is 427 g/mol. The fourth-order valence-electron chi connectivity index (χ4n) is 2.83. The van der Waals surface area contributed by atoms with E-state index >= 15 is 0 Å². The third-order valence-corrected chi connectivity index (χ3v) is 5.99. The number of aromatic nitrogens is 3. The smallest absolute Gasteiger partial charge is 0.266 e. The molecule has 4 aromatic rings. The minimum absolute atomic E-state index is 0.0187. The first-order valence-corrected chi connectivity index (χ1v) is 9.89. The van der Waals surface area contributed by atoms with Crippen LogP contribution < -0.4 is 5.56 Å². The molecule has 2 aromatic carbocycles. The number of rotatable bonds is 4. The standard InChI is InChI=1S/C20H12Cl2N4OS/c21-13-7-5-12(6-8-13)11-26-20(27)18(22)15(10-24-26)14(9-23)19-25-16-3-1-2-4-17(16)28-19/h1-8,10,14H,11H2/t14-/m1/s1. The largest absolute Gasteiger partial charge is 0.286 e. The molecule has 0 unspecified atom stereocenters. The molecule has 0 saturated carbocycles. The van der Waals surface area contributed by atoms with Crippen LogP contribution in [0.5, 0.6) is 0 Å². The highest BCUT2D eigenvalue weighted by molar-refractivity contribution is 7.18. The molecule has 0 radical (unpaired) electrons. The van der Waals surface area contributed by atoms with Crippen molar-refractivity contribution in [2.24, 2.45) is 0 Å². The zero-order valence-electron chi connectivity index (χ0n) is 14.3. The SMILES string of the molecule is N#C[C@@H](c1nc2ccccc2s1)c1cnn(Cc2ccc(Cl)cc2)c(=O)c1Cl. The molecular formula is C20H12Cl2N4OS. The number of halogens is 2. The molecule has 8 heteroatoms. The predicted molar refractivity (Wildman–Crippen MR) is 111 cm³/mol. The molecule has 5 nitrogen and oxygen atoms in total. The molecular weight excluding hydrogens is 415 g/mol. The van der Waals surface area contributed by atoms with E-state index in [9.17, 15) is 10.1 Å². The second-order valence-corrected chi connectivity index (χ2v) is 7.96. The molecule has 0 aliphatic rings. The number of hydrogen-bond acceptors (Lipinski definition) is 5. The minimum Gasteiger partial charge on any atom is -0.266 e. The topological polar surface area (TPSA) is 71.6 Å². The Morgan fingerprint density at radius 1 is 1.14 bits per heavy atom. The molecule has 28 heavy (non-hydrogen) atoms. The summed E-state index contributed by atoms with van der Waals surface area (Å²) < 4.78 is 2.24. The van der Waals surface area contributed by atoms with Crippen molar-refractivity contribution in [1.29, 1.82) is 5.26 Å². The quantitative estimate of drug-likeness (QED) is 0.466. The molecule has 0 bridgehead atoms. The van der Waals surface area contributed by atoms with Crippen LogP contribution in [0.15, 0.2) is 59.5 Å². The van der Waals surface area contributed by atoms with Crippen LogP contribution in [0.2, 0.25) is 10.0 Å². The lowest BCUT2D eigenvalue weighted by molar-refractivity contribution is 0.633. The van der Waals surface area contributed by atoms with E-state index in [4.69, 9.17) is 23.2 Å². The number of hydrogen-bond donors (Lipinski definition) is 0. The first kappa shape index (κ1) is 18.6. The second-order valence-electron chi connectivity index (χ2n) is 6.09. The fraction of sp³-hybridized carbons (Fsp3) is 0.100. The number of thiazole rings is 1. The summed E-state index contributed by atoms with van der Waals surface area (Å²) in [4.78, 5) is 17.2. The van der Waals surface area contributed by atoms with Crippen LogP contribution in [0, 0.1) is 11.3 Å². The highest BCUT2D eigenvalue weighted by Crippen LogP contribution is 2.33. The van der Waals surface area contributed by atoms with E-state index in [1.165, 1.54) is 22.2 Å². The highest BCUT2D eigenvalue weighted by atomic mass is 35.5. The van der Waals surface area contributed by atoms with Gasteiger partial charge in [-0.05, 0) is 29.8 Å². The molecule has 2 heterocycles. The maximum absolute atomic E-state index is 12.7. The summed E-state index contributed by atoms with van der Waals surface area (Å²) in [7, 11) is 0. The monoisotopic (exact) mass is 426 g/mol. The van der Waals surface area contributed by atoms with Gasteiger partial charge in [0.15, 0.2) is 0 Å². The third kappa shape index (κ3) is 3.52. The van der Waals surface area contributed by atoms with E-state index in [1.807, 2.05) is 36.4 Å². The Labute approximate surface area is 174 Å². The van der Waals surface area contributed by atoms with E-state index in [2.05, 4.69) is 16.2 Å². The molecule has 4 rings (SSSR count). The maximum Gasteiger partial charge on any atom is 0.286 e. The van der Waals surface area contributed by atoms with Crippen LogP contribution in [-0.2, 0) is 6.54 Å². The second kappa shape index (κ2) is 7.72. The minimum atomic E-state index is -0.754. The summed E-state index contributed by atoms with van der Waals surface area (Å²) in [6.45, 7) is 0.258. The van der Waals surface area contributed by atoms with Crippen LogP contribution in [0.3, 0.4) is 0 Å². The van der Waals surface area contributed by atoms with Gasteiger partial charge in [-0.25, -0.2) is 9.67 Å². The van der Waals surface area contributed by atoms with Gasteiger partial charge in [0, 0.05) is 10.6 Å². The molecule has 0 aliphatic heterocycles. The molecule has 0 amide bonds. The first-order chi connectivity index (χ1) is 13.6. The van der Waals surface area contributed by atoms with Gasteiger partial charge in [-0.1, -0.05) is 47.5 Å². The van der Waals surface area contributed by atoms with Crippen molar-refractivity contribution in [2.75, 3.05) is 0 Å². The van der Waals surface area contributed by atoms with Crippen molar-refractivity contribution in [3.63, 3.8) is 0 Å². The van der Waals surface area contributed by atoms with Crippen LogP contribution >= 0.6 is 34.5 Å². The summed E-state index contributed by atoms with van der Waals surface area (Å²) in [5, 5.41) is 15.1. The van der Waals surface area contributed by atoms with E-state index in [-0.39, 0.29) is 11.6 Å². The number of para-hydroxylation sites is 1. The number of nitrogens with zero attached hydrogens (tertiary/aromatic N) is 4. The van der Waals surface area contributed by atoms with Gasteiger partial charge in [0.1, 0.15) is 15.9 Å². The number of nitriles is 1. The first-order valence-electron chi connectivity index (χ1n) is 8.32. The molecule has 0 N–H and O–H groups in total. The molecule has 0 aliphatic carbocycles. The summed E-state index contributed by atoms with van der Waals surface area (Å²) in [5.74, 6) is -0.754. The van der Waals surface area contributed by atoms with Gasteiger partial charge in [-0.15, -0.1) is 11.3 Å². The van der Waals surface area contributed by atoms with Crippen molar-refractivity contribution in [1.82, 2.24) is 14.8 Å². The van der Waals surface area contributed by atoms with Crippen molar-refractivity contribution < 1.29 is 0 Å². The number of fused-ring (bicyclic) bond motifs is 1. The summed E-state index contributed by atoms with van der Waals surface area (Å²) >= 11 is 13.6. The van der Waals surface area contributed by atoms with Crippen molar-refractivity contribution in [2.45, 2.75) is 12.5 Å². The van der Waals surface area contributed by atoms with Crippen LogP contribution in [-0.4, -0.2) is 14.8 Å². The van der Waals surface area contributed by atoms with Gasteiger partial charge in [-0.3, -0.25) is 4.79 Å². The Bertz CT molecular complexity index is 1220. The maximum atomic E-state index is 12.7. The van der Waals surface area contributed by atoms with Crippen LogP contribution in [0.4, 0.5) is 0 Å². The zero-order chi connectivity index (χ0) is 19.7. The fourth-order valence-corrected chi connectivity index (χ4v) is 4.24. The molecule has 2 aromatic heterocycles. The third-order valence-electron chi connectivity index (χ3n) is 4.25. The Balaban J connectivity index is 1.71. The van der Waals surface area contributed by atoms with Gasteiger partial charge in [0.25, 0.3) is 5.56 Å². The van der Waals surface area contributed by atoms with Gasteiger partial charge in [0.2, 0.25) is 0 Å². The summed E-state index contributed by atoms with van der Waals surface area (Å²) in [6.07, 6.45) is 1.47. The Morgan fingerprint density at radius 3 is 2.61 bits per heavy atom. The van der Waals surface area contributed by atoms with Crippen molar-refractivity contribution >= 4 is 44.8 Å². The highest BCUT2D eigenvalue weighted by Gasteiger charge is 2.23. The van der Waals surface area contributed by atoms with E-state index < -0.39 is 11.5 Å². The zero-order valence-corrected chi connectivity index (χ0v) is 16.7. The Hall–Kier alpha value is -2.72. The van der Waals surface area contributed by atoms with E-state index in [1.54, 1.807) is 12.1 Å². The molecule has 138 valence electrons. The molecule has 1 atom stereocenters. The summed E-state index contributed by atoms with van der Waals surface area (Å²) in [5.41, 5.74) is 1.59. The van der Waals surface area contributed by atoms with Crippen molar-refractivity contribution in [3.8, 4) is 6.07 Å². The average Bonchev–Trinajstić information content (AvgIpc) is 3.13. The normalized spacial score (nSPS) is 12.0. The lowest BCUT2D eigenvalue weighted by Crippen LogP contribution is -2.25. The lowest BCUT2D eigenvalue weighted by Gasteiger charge is -2.11. The van der Waals surface area contributed by atoms with Crippen LogP contribution in [0.25, 0.3) is 10.2 Å². The van der Waals surface area contributed by atoms with Crippen molar-refractivity contribution in [3.05, 3.63) is 91.3 Å². The Kier molecular flexibility index (Phi) is 5.14. The lowest BCUT2D eigenvalue weighted by atomic mass is 10.0. The molecule has 0 spiro atoms. The van der Waals surface area contributed by atoms with Gasteiger partial charge >= 0.3 is 0 Å². The summed E-state index contributed by atoms with van der Waals surface area (Å²) in [6, 6.07) is 17.0. The molecule has 0 fully saturated rings. The van der Waals surface area contributed by atoms with E-state index in [0.717, 1.165) is 15.8 Å². The molecule has 0 saturated heterocycles. The van der Waals surface area contributed by atoms with E-state index in [0.29, 0.717) is 15.6 Å². The van der Waals surface area contributed by atoms with Crippen LogP contribution in [0.1, 0.15) is 22.1 Å². The van der Waals surface area contributed by atoms with Gasteiger partial charge in [0.05, 0.1) is 29.0 Å². The number of benzene rings is 2. The predicted octanol–water partition coefficient (Wildman–Crippen LogP) is 4.86. The van der Waals surface area contributed by atoms with Gasteiger partial charge in [-0.2, -0.15) is 10.4 Å². The Morgan fingerprint density at radius 2 is 1.89 bits per heavy atom. The van der Waals surface area contributed by atoms with Gasteiger partial charge < -0.3 is 0 Å².